The van der Waals surface area contributed by atoms with Crippen molar-refractivity contribution >= 4 is 23.5 Å². The van der Waals surface area contributed by atoms with E-state index in [2.05, 4.69) is 10.3 Å². The minimum Gasteiger partial charge on any atom is -0.454 e. The van der Waals surface area contributed by atoms with Crippen LogP contribution in [0.2, 0.25) is 0 Å². The van der Waals surface area contributed by atoms with Crippen molar-refractivity contribution in [1.82, 2.24) is 9.55 Å². The largest absolute Gasteiger partial charge is 0.454 e. The second-order valence-corrected chi connectivity index (χ2v) is 8.30. The average molecular weight is 439 g/mol. The number of halogens is 1. The van der Waals surface area contributed by atoms with E-state index in [9.17, 15) is 14.0 Å². The molecule has 158 valence electrons. The van der Waals surface area contributed by atoms with Crippen LogP contribution in [0.25, 0.3) is 0 Å². The van der Waals surface area contributed by atoms with Gasteiger partial charge in [-0.05, 0) is 35.4 Å². The van der Waals surface area contributed by atoms with Gasteiger partial charge in [-0.1, -0.05) is 30.0 Å². The quantitative estimate of drug-likeness (QED) is 0.496. The zero-order valence-electron chi connectivity index (χ0n) is 16.6. The highest BCUT2D eigenvalue weighted by Crippen LogP contribution is 2.40. The number of hydrogen-bond donors (Lipinski definition) is 1. The summed E-state index contributed by atoms with van der Waals surface area (Å²) >= 11 is 1.35. The van der Waals surface area contributed by atoms with Crippen molar-refractivity contribution in [2.45, 2.75) is 23.2 Å². The highest BCUT2D eigenvalue weighted by atomic mass is 32.2. The Bertz CT molecular complexity index is 1240. The summed E-state index contributed by atoms with van der Waals surface area (Å²) in [7, 11) is 1.76. The number of fused-ring (bicyclic) bond motifs is 2. The predicted molar refractivity (Wildman–Crippen MR) is 113 cm³/mol. The number of rotatable bonds is 4. The average Bonchev–Trinajstić information content (AvgIpc) is 3.23. The van der Waals surface area contributed by atoms with Gasteiger partial charge in [-0.25, -0.2) is 4.39 Å². The van der Waals surface area contributed by atoms with Crippen LogP contribution < -0.4 is 20.3 Å². The Morgan fingerprint density at radius 1 is 1.16 bits per heavy atom. The van der Waals surface area contributed by atoms with E-state index < -0.39 is 5.92 Å². The Labute approximate surface area is 181 Å². The highest BCUT2D eigenvalue weighted by molar-refractivity contribution is 7.98. The van der Waals surface area contributed by atoms with Crippen molar-refractivity contribution in [3.63, 3.8) is 0 Å². The fourth-order valence-electron chi connectivity index (χ4n) is 3.81. The van der Waals surface area contributed by atoms with Crippen molar-refractivity contribution in [2.24, 2.45) is 7.05 Å². The van der Waals surface area contributed by atoms with Crippen LogP contribution in [-0.2, 0) is 17.6 Å². The maximum Gasteiger partial charge on any atom is 0.279 e. The maximum absolute atomic E-state index is 13.1. The zero-order valence-corrected chi connectivity index (χ0v) is 17.4. The molecular weight excluding hydrogens is 421 g/mol. The molecule has 3 aromatic rings. The monoisotopic (exact) mass is 439 g/mol. The van der Waals surface area contributed by atoms with E-state index in [1.807, 2.05) is 12.1 Å². The molecule has 1 atom stereocenters. The van der Waals surface area contributed by atoms with E-state index >= 15 is 0 Å². The van der Waals surface area contributed by atoms with Crippen molar-refractivity contribution < 1.29 is 18.7 Å². The molecular formula is C22H18FN3O4S. The summed E-state index contributed by atoms with van der Waals surface area (Å²) in [6, 6.07) is 11.6. The Kier molecular flexibility index (Phi) is 4.90. The standard InChI is InChI=1S/C22H18FN3O4S/c1-26-20-19(21(28)25-22(26)31-10-12-2-5-14(23)6-3-12)15(9-18(27)24-20)13-4-7-16-17(8-13)30-11-29-16/h2-8,15H,9-11H2,1H3,(H,24,27)/t15-/m1/s1. The second kappa shape index (κ2) is 7.73. The lowest BCUT2D eigenvalue weighted by atomic mass is 9.86. The van der Waals surface area contributed by atoms with Gasteiger partial charge in [0, 0.05) is 25.1 Å². The number of carbonyl (C=O) groups is 1. The van der Waals surface area contributed by atoms with Crippen LogP contribution >= 0.6 is 11.8 Å². The summed E-state index contributed by atoms with van der Waals surface area (Å²) in [5, 5.41) is 3.30. The van der Waals surface area contributed by atoms with Crippen LogP contribution in [0, 0.1) is 5.82 Å². The van der Waals surface area contributed by atoms with Gasteiger partial charge in [0.15, 0.2) is 16.7 Å². The molecule has 0 aliphatic carbocycles. The van der Waals surface area contributed by atoms with Gasteiger partial charge in [-0.15, -0.1) is 0 Å². The van der Waals surface area contributed by atoms with Gasteiger partial charge < -0.3 is 19.4 Å². The molecule has 3 heterocycles. The summed E-state index contributed by atoms with van der Waals surface area (Å²) < 4.78 is 25.7. The fraction of sp³-hybridized carbons (Fsp3) is 0.227. The number of nitrogens with zero attached hydrogens (tertiary/aromatic N) is 2. The third-order valence-corrected chi connectivity index (χ3v) is 6.48. The van der Waals surface area contributed by atoms with E-state index in [1.54, 1.807) is 29.8 Å². The van der Waals surface area contributed by atoms with Crippen LogP contribution in [0.1, 0.15) is 29.0 Å². The van der Waals surface area contributed by atoms with Gasteiger partial charge in [0.05, 0.1) is 5.56 Å². The number of thioether (sulfide) groups is 1. The van der Waals surface area contributed by atoms with Crippen molar-refractivity contribution in [3.8, 4) is 11.5 Å². The molecule has 1 aromatic heterocycles. The molecule has 31 heavy (non-hydrogen) atoms. The first-order valence-electron chi connectivity index (χ1n) is 9.67. The van der Waals surface area contributed by atoms with Gasteiger partial charge in [0.1, 0.15) is 11.6 Å². The number of aromatic nitrogens is 2. The van der Waals surface area contributed by atoms with E-state index in [4.69, 9.17) is 9.47 Å². The number of carbonyl (C=O) groups excluding carboxylic acids is 1. The first-order chi connectivity index (χ1) is 15.0. The Balaban J connectivity index is 1.50. The Hall–Kier alpha value is -3.33. The zero-order chi connectivity index (χ0) is 21.5. The van der Waals surface area contributed by atoms with Crippen LogP contribution in [0.5, 0.6) is 11.5 Å². The lowest BCUT2D eigenvalue weighted by molar-refractivity contribution is -0.116. The second-order valence-electron chi connectivity index (χ2n) is 7.35. The fourth-order valence-corrected chi connectivity index (χ4v) is 4.73. The maximum atomic E-state index is 13.1. The molecule has 0 radical (unpaired) electrons. The molecule has 5 rings (SSSR count). The highest BCUT2D eigenvalue weighted by Gasteiger charge is 2.33. The van der Waals surface area contributed by atoms with E-state index in [0.29, 0.717) is 33.8 Å². The molecule has 0 unspecified atom stereocenters. The summed E-state index contributed by atoms with van der Waals surface area (Å²) in [5.74, 6) is 1.29. The smallest absolute Gasteiger partial charge is 0.279 e. The number of amides is 1. The number of ether oxygens (including phenoxy) is 2. The molecule has 7 nitrogen and oxygen atoms in total. The molecule has 2 aromatic carbocycles. The summed E-state index contributed by atoms with van der Waals surface area (Å²) in [4.78, 5) is 29.8. The third-order valence-electron chi connectivity index (χ3n) is 5.38. The van der Waals surface area contributed by atoms with Crippen LogP contribution in [0.3, 0.4) is 0 Å². The molecule has 0 spiro atoms. The van der Waals surface area contributed by atoms with Gasteiger partial charge >= 0.3 is 0 Å². The van der Waals surface area contributed by atoms with Crippen molar-refractivity contribution in [1.29, 1.82) is 0 Å². The molecule has 2 aliphatic heterocycles. The summed E-state index contributed by atoms with van der Waals surface area (Å²) in [5.41, 5.74) is 1.77. The SMILES string of the molecule is Cn1c(SCc2ccc(F)cc2)nc(=O)c2c1NC(=O)C[C@@H]2c1ccc2c(c1)OCO2. The van der Waals surface area contributed by atoms with Gasteiger partial charge in [0.2, 0.25) is 12.7 Å². The van der Waals surface area contributed by atoms with Crippen LogP contribution in [-0.4, -0.2) is 22.3 Å². The summed E-state index contributed by atoms with van der Waals surface area (Å²) in [6.45, 7) is 0.151. The van der Waals surface area contributed by atoms with Crippen LogP contribution in [0.15, 0.2) is 52.4 Å². The van der Waals surface area contributed by atoms with E-state index in [-0.39, 0.29) is 30.5 Å². The normalized spacial score (nSPS) is 16.7. The number of hydrogen-bond acceptors (Lipinski definition) is 6. The molecule has 0 bridgehead atoms. The van der Waals surface area contributed by atoms with Gasteiger partial charge in [-0.2, -0.15) is 4.98 Å². The minimum atomic E-state index is -0.430. The van der Waals surface area contributed by atoms with E-state index in [0.717, 1.165) is 11.1 Å². The minimum absolute atomic E-state index is 0.144. The predicted octanol–water partition coefficient (Wildman–Crippen LogP) is 3.41. The van der Waals surface area contributed by atoms with Crippen molar-refractivity contribution in [2.75, 3.05) is 12.1 Å². The third kappa shape index (κ3) is 3.65. The molecule has 0 saturated heterocycles. The topological polar surface area (TPSA) is 82.5 Å². The van der Waals surface area contributed by atoms with Gasteiger partial charge in [0.25, 0.3) is 5.56 Å². The molecule has 1 amide bonds. The summed E-state index contributed by atoms with van der Waals surface area (Å²) in [6.07, 6.45) is 0.144. The number of nitrogens with one attached hydrogen (secondary N) is 1. The van der Waals surface area contributed by atoms with Crippen LogP contribution in [0.4, 0.5) is 10.2 Å². The van der Waals surface area contributed by atoms with Crippen molar-refractivity contribution in [3.05, 3.63) is 75.3 Å². The Morgan fingerprint density at radius 3 is 2.74 bits per heavy atom. The number of benzene rings is 2. The van der Waals surface area contributed by atoms with Gasteiger partial charge in [-0.3, -0.25) is 9.59 Å². The first kappa shape index (κ1) is 19.6. The van der Waals surface area contributed by atoms with E-state index in [1.165, 1.54) is 23.9 Å². The number of anilines is 1. The molecule has 2 aliphatic rings. The molecule has 0 fully saturated rings. The molecule has 9 heteroatoms. The first-order valence-corrected chi connectivity index (χ1v) is 10.7. The lowest BCUT2D eigenvalue weighted by Gasteiger charge is -2.27. The lowest BCUT2D eigenvalue weighted by Crippen LogP contribution is -2.33. The Morgan fingerprint density at radius 2 is 1.94 bits per heavy atom. The molecule has 0 saturated carbocycles. The molecule has 1 N–H and O–H groups in total.